The number of ether oxygens (including phenoxy) is 1. The van der Waals surface area contributed by atoms with Gasteiger partial charge in [0.1, 0.15) is 31.0 Å². The maximum Gasteiger partial charge on any atom is 0.306 e. The zero-order valence-corrected chi connectivity index (χ0v) is 10.0. The lowest BCUT2D eigenvalue weighted by Gasteiger charge is -2.25. The highest BCUT2D eigenvalue weighted by molar-refractivity contribution is 5.76. The minimum Gasteiger partial charge on any atom is -0.481 e. The van der Waals surface area contributed by atoms with E-state index in [-0.39, 0.29) is 6.42 Å². The van der Waals surface area contributed by atoms with Crippen LogP contribution >= 0.6 is 0 Å². The summed E-state index contributed by atoms with van der Waals surface area (Å²) in [7, 11) is 0. The fourth-order valence-corrected chi connectivity index (χ4v) is 1.12. The van der Waals surface area contributed by atoms with E-state index in [1.54, 1.807) is 0 Å². The summed E-state index contributed by atoms with van der Waals surface area (Å²) >= 11 is 0. The van der Waals surface area contributed by atoms with Crippen LogP contribution in [0.2, 0.25) is 0 Å². The summed E-state index contributed by atoms with van der Waals surface area (Å²) in [5.74, 6) is -2.06. The number of hydrogen-bond donors (Lipinski definition) is 6. The fourth-order valence-electron chi connectivity index (χ4n) is 1.12. The van der Waals surface area contributed by atoms with Crippen molar-refractivity contribution >= 4 is 11.9 Å². The lowest BCUT2D eigenvalue weighted by Crippen LogP contribution is -2.47. The topological polar surface area (TPSA) is 165 Å². The van der Waals surface area contributed by atoms with Crippen molar-refractivity contribution in [2.45, 2.75) is 37.3 Å². The first-order chi connectivity index (χ1) is 8.79. The largest absolute Gasteiger partial charge is 0.481 e. The molecular formula is C10H18O9. The molecule has 0 aliphatic carbocycles. The van der Waals surface area contributed by atoms with Crippen molar-refractivity contribution in [3.63, 3.8) is 0 Å². The van der Waals surface area contributed by atoms with Crippen molar-refractivity contribution in [2.75, 3.05) is 13.2 Å². The van der Waals surface area contributed by atoms with Gasteiger partial charge in [-0.1, -0.05) is 0 Å². The highest BCUT2D eigenvalue weighted by Gasteiger charge is 2.30. The molecule has 0 aromatic rings. The first-order valence-corrected chi connectivity index (χ1v) is 5.50. The van der Waals surface area contributed by atoms with Gasteiger partial charge in [-0.2, -0.15) is 0 Å². The number of aliphatic hydroxyl groups excluding tert-OH is 5. The second-order valence-electron chi connectivity index (χ2n) is 3.88. The van der Waals surface area contributed by atoms with Crippen LogP contribution in [0.1, 0.15) is 12.8 Å². The molecule has 112 valence electrons. The maximum absolute atomic E-state index is 11.0. The van der Waals surface area contributed by atoms with Gasteiger partial charge in [-0.3, -0.25) is 9.59 Å². The van der Waals surface area contributed by atoms with E-state index in [0.29, 0.717) is 0 Å². The molecule has 6 N–H and O–H groups in total. The van der Waals surface area contributed by atoms with Crippen LogP contribution in [0.4, 0.5) is 0 Å². The molecule has 9 heteroatoms. The Hall–Kier alpha value is -1.26. The summed E-state index contributed by atoms with van der Waals surface area (Å²) in [4.78, 5) is 21.2. The van der Waals surface area contributed by atoms with E-state index in [2.05, 4.69) is 4.74 Å². The van der Waals surface area contributed by atoms with E-state index >= 15 is 0 Å². The van der Waals surface area contributed by atoms with E-state index in [1.165, 1.54) is 0 Å². The molecule has 0 aliphatic rings. The van der Waals surface area contributed by atoms with Crippen molar-refractivity contribution in [2.24, 2.45) is 0 Å². The highest BCUT2D eigenvalue weighted by atomic mass is 16.5. The van der Waals surface area contributed by atoms with Gasteiger partial charge >= 0.3 is 11.9 Å². The quantitative estimate of drug-likeness (QED) is 0.239. The first-order valence-electron chi connectivity index (χ1n) is 5.50. The Labute approximate surface area is 108 Å². The Kier molecular flexibility index (Phi) is 8.19. The van der Waals surface area contributed by atoms with Crippen molar-refractivity contribution in [1.29, 1.82) is 0 Å². The predicted molar refractivity (Wildman–Crippen MR) is 58.9 cm³/mol. The zero-order chi connectivity index (χ0) is 15.0. The molecule has 0 spiro atoms. The fraction of sp³-hybridized carbons (Fsp3) is 0.800. The molecule has 0 aromatic carbocycles. The third-order valence-corrected chi connectivity index (χ3v) is 2.28. The number of aliphatic carboxylic acids is 1. The number of carboxylic acid groups (broad SMARTS) is 1. The van der Waals surface area contributed by atoms with E-state index in [1.807, 2.05) is 0 Å². The normalized spacial score (nSPS) is 17.3. The Morgan fingerprint density at radius 3 is 1.95 bits per heavy atom. The Bertz CT molecular complexity index is 293. The van der Waals surface area contributed by atoms with Gasteiger partial charge in [0.15, 0.2) is 0 Å². The minimum absolute atomic E-state index is 0.389. The molecule has 0 unspecified atom stereocenters. The van der Waals surface area contributed by atoms with Crippen molar-refractivity contribution in [3.05, 3.63) is 0 Å². The monoisotopic (exact) mass is 282 g/mol. The molecule has 0 saturated heterocycles. The second kappa shape index (κ2) is 8.77. The van der Waals surface area contributed by atoms with Crippen LogP contribution in [0.5, 0.6) is 0 Å². The van der Waals surface area contributed by atoms with Crippen LogP contribution < -0.4 is 0 Å². The summed E-state index contributed by atoms with van der Waals surface area (Å²) < 4.78 is 4.47. The van der Waals surface area contributed by atoms with Gasteiger partial charge in [0.05, 0.1) is 19.4 Å². The Balaban J connectivity index is 4.05. The third kappa shape index (κ3) is 7.03. The van der Waals surface area contributed by atoms with Crippen LogP contribution in [0.15, 0.2) is 0 Å². The minimum atomic E-state index is -1.82. The summed E-state index contributed by atoms with van der Waals surface area (Å²) in [6.45, 7) is -1.49. The standard InChI is InChI=1S/C10H18O9/c11-3-5(12)9(17)10(18)6(13)4-19-8(16)2-1-7(14)15/h5-6,9-13,17-18H,1-4H2,(H,14,15)/t5-,6-,9-,10-/m1/s1. The van der Waals surface area contributed by atoms with E-state index < -0.39 is 56.0 Å². The Morgan fingerprint density at radius 1 is 0.947 bits per heavy atom. The maximum atomic E-state index is 11.0. The molecule has 0 amide bonds. The van der Waals surface area contributed by atoms with Crippen molar-refractivity contribution < 1.29 is 45.0 Å². The molecule has 0 bridgehead atoms. The molecule has 0 rings (SSSR count). The number of rotatable bonds is 9. The smallest absolute Gasteiger partial charge is 0.306 e. The summed E-state index contributed by atoms with van der Waals surface area (Å²) in [5.41, 5.74) is 0. The molecule has 19 heavy (non-hydrogen) atoms. The van der Waals surface area contributed by atoms with E-state index in [0.717, 1.165) is 0 Å². The molecule has 0 heterocycles. The molecule has 0 aliphatic heterocycles. The zero-order valence-electron chi connectivity index (χ0n) is 10.0. The van der Waals surface area contributed by atoms with Crippen LogP contribution in [0.25, 0.3) is 0 Å². The average Bonchev–Trinajstić information content (AvgIpc) is 2.39. The van der Waals surface area contributed by atoms with Gasteiger partial charge in [0, 0.05) is 0 Å². The molecule has 0 aromatic heterocycles. The van der Waals surface area contributed by atoms with Crippen LogP contribution in [-0.2, 0) is 14.3 Å². The summed E-state index contributed by atoms with van der Waals surface area (Å²) in [5, 5.41) is 53.8. The van der Waals surface area contributed by atoms with Crippen LogP contribution in [0.3, 0.4) is 0 Å². The Morgan fingerprint density at radius 2 is 1.47 bits per heavy atom. The SMILES string of the molecule is O=C(O)CCC(=O)OC[C@@H](O)[C@@H](O)[C@H](O)[C@H](O)CO. The summed E-state index contributed by atoms with van der Waals surface area (Å²) in [6, 6.07) is 0. The lowest BCUT2D eigenvalue weighted by atomic mass is 10.0. The molecular weight excluding hydrogens is 264 g/mol. The highest BCUT2D eigenvalue weighted by Crippen LogP contribution is 2.06. The van der Waals surface area contributed by atoms with E-state index in [4.69, 9.17) is 15.3 Å². The van der Waals surface area contributed by atoms with Gasteiger partial charge in [-0.25, -0.2) is 0 Å². The molecule has 0 saturated carbocycles. The lowest BCUT2D eigenvalue weighted by molar-refractivity contribution is -0.157. The summed E-state index contributed by atoms with van der Waals surface area (Å²) in [6.07, 6.45) is -7.77. The molecule has 4 atom stereocenters. The molecule has 9 nitrogen and oxygen atoms in total. The van der Waals surface area contributed by atoms with Gasteiger partial charge < -0.3 is 35.4 Å². The van der Waals surface area contributed by atoms with Crippen LogP contribution in [0, 0.1) is 0 Å². The van der Waals surface area contributed by atoms with Gasteiger partial charge in [-0.05, 0) is 0 Å². The number of aliphatic hydroxyl groups is 5. The first kappa shape index (κ1) is 17.7. The number of esters is 1. The van der Waals surface area contributed by atoms with Crippen molar-refractivity contribution in [1.82, 2.24) is 0 Å². The number of hydrogen-bond acceptors (Lipinski definition) is 8. The molecule has 0 radical (unpaired) electrons. The van der Waals surface area contributed by atoms with Crippen LogP contribution in [-0.4, -0.2) is 80.2 Å². The third-order valence-electron chi connectivity index (χ3n) is 2.28. The second-order valence-corrected chi connectivity index (χ2v) is 3.88. The average molecular weight is 282 g/mol. The van der Waals surface area contributed by atoms with Gasteiger partial charge in [0.25, 0.3) is 0 Å². The van der Waals surface area contributed by atoms with Gasteiger partial charge in [0.2, 0.25) is 0 Å². The number of carbonyl (C=O) groups excluding carboxylic acids is 1. The predicted octanol–water partition coefficient (Wildman–Crippen LogP) is -3.17. The van der Waals surface area contributed by atoms with Gasteiger partial charge in [-0.15, -0.1) is 0 Å². The van der Waals surface area contributed by atoms with E-state index in [9.17, 15) is 24.9 Å². The van der Waals surface area contributed by atoms with Crippen molar-refractivity contribution in [3.8, 4) is 0 Å². The number of carboxylic acids is 1. The molecule has 0 fully saturated rings. The number of carbonyl (C=O) groups is 2.